The van der Waals surface area contributed by atoms with Crippen molar-refractivity contribution in [3.05, 3.63) is 53.3 Å². The highest BCUT2D eigenvalue weighted by Crippen LogP contribution is 2.19. The van der Waals surface area contributed by atoms with Gasteiger partial charge < -0.3 is 16.2 Å². The van der Waals surface area contributed by atoms with Crippen molar-refractivity contribution in [2.24, 2.45) is 0 Å². The minimum absolute atomic E-state index is 0.116. The lowest BCUT2D eigenvalue weighted by Crippen LogP contribution is -2.05. The fourth-order valence-electron chi connectivity index (χ4n) is 1.77. The molecule has 0 atom stereocenters. The Hall–Kier alpha value is -2.56. The zero-order chi connectivity index (χ0) is 13.8. The summed E-state index contributed by atoms with van der Waals surface area (Å²) in [5.74, 6) is -1.02. The number of nitrogens with zero attached hydrogens (tertiary/aromatic N) is 1. The summed E-state index contributed by atoms with van der Waals surface area (Å²) in [6, 6.07) is 6.77. The predicted molar refractivity (Wildman–Crippen MR) is 74.1 cm³/mol. The van der Waals surface area contributed by atoms with Gasteiger partial charge in [-0.05, 0) is 42.3 Å². The van der Waals surface area contributed by atoms with Gasteiger partial charge in [0.25, 0.3) is 0 Å². The fraction of sp³-hybridized carbons (Fsp3) is 0.143. The number of hydrogen-bond acceptors (Lipinski definition) is 4. The van der Waals surface area contributed by atoms with E-state index in [4.69, 9.17) is 10.8 Å². The average Bonchev–Trinajstić information content (AvgIpc) is 2.37. The van der Waals surface area contributed by atoms with Crippen LogP contribution in [-0.2, 0) is 6.54 Å². The standard InChI is InChI=1S/C14H15N3O2/c1-9-7-16-5-4-10(9)8-17-11-2-3-12(14(18)19)13(15)6-11/h2-7,17H,8,15H2,1H3,(H,18,19). The third-order valence-corrected chi connectivity index (χ3v) is 2.90. The second-order valence-electron chi connectivity index (χ2n) is 4.26. The Balaban J connectivity index is 2.11. The Kier molecular flexibility index (Phi) is 3.66. The summed E-state index contributed by atoms with van der Waals surface area (Å²) >= 11 is 0. The average molecular weight is 257 g/mol. The molecule has 2 rings (SSSR count). The summed E-state index contributed by atoms with van der Waals surface area (Å²) < 4.78 is 0. The second kappa shape index (κ2) is 5.39. The molecule has 5 heteroatoms. The number of nitrogens with one attached hydrogen (secondary N) is 1. The zero-order valence-corrected chi connectivity index (χ0v) is 10.6. The summed E-state index contributed by atoms with van der Waals surface area (Å²) in [6.07, 6.45) is 3.55. The van der Waals surface area contributed by atoms with Crippen LogP contribution in [-0.4, -0.2) is 16.1 Å². The van der Waals surface area contributed by atoms with Crippen LogP contribution < -0.4 is 11.1 Å². The molecule has 4 N–H and O–H groups in total. The van der Waals surface area contributed by atoms with Gasteiger partial charge in [0, 0.05) is 30.3 Å². The van der Waals surface area contributed by atoms with Crippen LogP contribution >= 0.6 is 0 Å². The highest BCUT2D eigenvalue weighted by molar-refractivity contribution is 5.94. The van der Waals surface area contributed by atoms with Gasteiger partial charge in [0.15, 0.2) is 0 Å². The van der Waals surface area contributed by atoms with Crippen LogP contribution in [0.15, 0.2) is 36.7 Å². The Morgan fingerprint density at radius 3 is 2.84 bits per heavy atom. The summed E-state index contributed by atoms with van der Waals surface area (Å²) in [5.41, 5.74) is 9.09. The molecule has 0 saturated carbocycles. The van der Waals surface area contributed by atoms with E-state index in [2.05, 4.69) is 10.3 Å². The van der Waals surface area contributed by atoms with Crippen molar-refractivity contribution in [3.63, 3.8) is 0 Å². The molecule has 0 aliphatic rings. The van der Waals surface area contributed by atoms with Crippen molar-refractivity contribution in [3.8, 4) is 0 Å². The van der Waals surface area contributed by atoms with Gasteiger partial charge in [0.2, 0.25) is 0 Å². The zero-order valence-electron chi connectivity index (χ0n) is 10.6. The van der Waals surface area contributed by atoms with Crippen molar-refractivity contribution in [1.82, 2.24) is 4.98 Å². The maximum Gasteiger partial charge on any atom is 0.337 e. The molecular weight excluding hydrogens is 242 g/mol. The largest absolute Gasteiger partial charge is 0.478 e. The van der Waals surface area contributed by atoms with E-state index in [1.54, 1.807) is 24.5 Å². The molecule has 0 radical (unpaired) electrons. The number of benzene rings is 1. The first-order chi connectivity index (χ1) is 9.08. The number of rotatable bonds is 4. The van der Waals surface area contributed by atoms with Crippen molar-refractivity contribution >= 4 is 17.3 Å². The summed E-state index contributed by atoms with van der Waals surface area (Å²) in [4.78, 5) is 14.9. The number of nitrogens with two attached hydrogens (primary N) is 1. The number of aryl methyl sites for hydroxylation is 1. The number of carboxylic acid groups (broad SMARTS) is 1. The lowest BCUT2D eigenvalue weighted by Gasteiger charge is -2.10. The minimum Gasteiger partial charge on any atom is -0.478 e. The quantitative estimate of drug-likeness (QED) is 0.731. The molecule has 0 bridgehead atoms. The summed E-state index contributed by atoms with van der Waals surface area (Å²) in [6.45, 7) is 2.63. The first-order valence-electron chi connectivity index (χ1n) is 5.84. The molecule has 0 unspecified atom stereocenters. The number of aromatic carboxylic acids is 1. The Bertz CT molecular complexity index is 611. The van der Waals surface area contributed by atoms with Crippen LogP contribution in [0.2, 0.25) is 0 Å². The van der Waals surface area contributed by atoms with Gasteiger partial charge >= 0.3 is 5.97 Å². The number of nitrogen functional groups attached to an aromatic ring is 1. The number of anilines is 2. The minimum atomic E-state index is -1.02. The number of carbonyl (C=O) groups is 1. The molecule has 98 valence electrons. The normalized spacial score (nSPS) is 10.2. The van der Waals surface area contributed by atoms with Crippen LogP contribution in [0.3, 0.4) is 0 Å². The molecule has 19 heavy (non-hydrogen) atoms. The molecule has 2 aromatic rings. The molecule has 0 spiro atoms. The predicted octanol–water partition coefficient (Wildman–Crippen LogP) is 2.28. The molecular formula is C14H15N3O2. The van der Waals surface area contributed by atoms with Crippen molar-refractivity contribution in [1.29, 1.82) is 0 Å². The third kappa shape index (κ3) is 3.01. The lowest BCUT2D eigenvalue weighted by molar-refractivity contribution is 0.0698. The van der Waals surface area contributed by atoms with E-state index < -0.39 is 5.97 Å². The van der Waals surface area contributed by atoms with Crippen LogP contribution in [0, 0.1) is 6.92 Å². The molecule has 0 aliphatic heterocycles. The van der Waals surface area contributed by atoms with Crippen LogP contribution in [0.1, 0.15) is 21.5 Å². The maximum atomic E-state index is 10.8. The molecule has 1 heterocycles. The van der Waals surface area contributed by atoms with Gasteiger partial charge in [-0.3, -0.25) is 4.98 Å². The van der Waals surface area contributed by atoms with E-state index >= 15 is 0 Å². The molecule has 1 aromatic carbocycles. The summed E-state index contributed by atoms with van der Waals surface area (Å²) in [7, 11) is 0. The van der Waals surface area contributed by atoms with Crippen LogP contribution in [0.25, 0.3) is 0 Å². The smallest absolute Gasteiger partial charge is 0.337 e. The van der Waals surface area contributed by atoms with E-state index in [1.807, 2.05) is 13.0 Å². The number of hydrogen-bond donors (Lipinski definition) is 3. The van der Waals surface area contributed by atoms with Gasteiger partial charge in [-0.2, -0.15) is 0 Å². The molecule has 1 aromatic heterocycles. The Labute approximate surface area is 111 Å². The monoisotopic (exact) mass is 257 g/mol. The molecule has 0 amide bonds. The lowest BCUT2D eigenvalue weighted by atomic mass is 10.1. The van der Waals surface area contributed by atoms with Crippen molar-refractivity contribution in [2.75, 3.05) is 11.1 Å². The maximum absolute atomic E-state index is 10.8. The van der Waals surface area contributed by atoms with E-state index in [1.165, 1.54) is 6.07 Å². The van der Waals surface area contributed by atoms with Gasteiger partial charge in [-0.1, -0.05) is 0 Å². The van der Waals surface area contributed by atoms with Crippen molar-refractivity contribution in [2.45, 2.75) is 13.5 Å². The molecule has 0 saturated heterocycles. The highest BCUT2D eigenvalue weighted by atomic mass is 16.4. The van der Waals surface area contributed by atoms with E-state index in [0.29, 0.717) is 6.54 Å². The fourth-order valence-corrected chi connectivity index (χ4v) is 1.77. The summed E-state index contributed by atoms with van der Waals surface area (Å²) in [5, 5.41) is 12.1. The van der Waals surface area contributed by atoms with E-state index in [-0.39, 0.29) is 11.3 Å². The SMILES string of the molecule is Cc1cnccc1CNc1ccc(C(=O)O)c(N)c1. The van der Waals surface area contributed by atoms with E-state index in [9.17, 15) is 4.79 Å². The highest BCUT2D eigenvalue weighted by Gasteiger charge is 2.07. The number of carboxylic acids is 1. The Morgan fingerprint density at radius 2 is 2.21 bits per heavy atom. The van der Waals surface area contributed by atoms with Crippen LogP contribution in [0.5, 0.6) is 0 Å². The van der Waals surface area contributed by atoms with Gasteiger partial charge in [-0.15, -0.1) is 0 Å². The van der Waals surface area contributed by atoms with Gasteiger partial charge in [0.1, 0.15) is 0 Å². The van der Waals surface area contributed by atoms with E-state index in [0.717, 1.165) is 16.8 Å². The number of aromatic nitrogens is 1. The number of pyridine rings is 1. The molecule has 0 aliphatic carbocycles. The first-order valence-corrected chi connectivity index (χ1v) is 5.84. The van der Waals surface area contributed by atoms with Crippen molar-refractivity contribution < 1.29 is 9.90 Å². The van der Waals surface area contributed by atoms with Gasteiger partial charge in [-0.25, -0.2) is 4.79 Å². The first kappa shape index (κ1) is 12.9. The van der Waals surface area contributed by atoms with Crippen LogP contribution in [0.4, 0.5) is 11.4 Å². The second-order valence-corrected chi connectivity index (χ2v) is 4.26. The molecule has 0 fully saturated rings. The van der Waals surface area contributed by atoms with Gasteiger partial charge in [0.05, 0.1) is 5.56 Å². The third-order valence-electron chi connectivity index (χ3n) is 2.90. The molecule has 5 nitrogen and oxygen atoms in total. The Morgan fingerprint density at radius 1 is 1.42 bits per heavy atom. The topological polar surface area (TPSA) is 88.2 Å².